The van der Waals surface area contributed by atoms with Crippen LogP contribution in [0.1, 0.15) is 25.3 Å². The zero-order valence-electron chi connectivity index (χ0n) is 14.7. The van der Waals surface area contributed by atoms with Gasteiger partial charge in [-0.2, -0.15) is 5.26 Å². The van der Waals surface area contributed by atoms with Crippen LogP contribution < -0.4 is 9.64 Å². The first-order valence-corrected chi connectivity index (χ1v) is 9.98. The molecule has 0 unspecified atom stereocenters. The molecular formula is C19H22N2O3S. The Balaban J connectivity index is 2.64. The number of rotatable bonds is 7. The van der Waals surface area contributed by atoms with Crippen LogP contribution in [0.15, 0.2) is 47.4 Å². The van der Waals surface area contributed by atoms with Crippen molar-refractivity contribution in [1.29, 1.82) is 5.26 Å². The normalized spacial score (nSPS) is 11.0. The number of hydrogen-bond acceptors (Lipinski definition) is 5. The van der Waals surface area contributed by atoms with Crippen molar-refractivity contribution in [3.8, 4) is 17.6 Å². The smallest absolute Gasteiger partial charge is 0.179 e. The van der Waals surface area contributed by atoms with Crippen LogP contribution in [0.25, 0.3) is 0 Å². The molecule has 2 aromatic rings. The summed E-state index contributed by atoms with van der Waals surface area (Å²) in [5.74, 6) is 0.800. The minimum Gasteiger partial charge on any atom is -0.454 e. The Hall–Kier alpha value is -2.52. The van der Waals surface area contributed by atoms with Gasteiger partial charge in [0.25, 0.3) is 0 Å². The molecule has 0 saturated carbocycles. The maximum absolute atomic E-state index is 12.3. The van der Waals surface area contributed by atoms with E-state index in [1.165, 1.54) is 6.07 Å². The highest BCUT2D eigenvalue weighted by Crippen LogP contribution is 2.39. The minimum atomic E-state index is -3.57. The standard InChI is InChI=1S/C19H22N2O3S/c1-4-5-11-21(2)17-12-15(14-20)13-18(25(3,22)23)19(17)24-16-9-7-6-8-10-16/h6-10,12-13H,4-5,11H2,1-3H3. The largest absolute Gasteiger partial charge is 0.454 e. The minimum absolute atomic E-state index is 0.0220. The first-order chi connectivity index (χ1) is 11.9. The molecule has 0 saturated heterocycles. The van der Waals surface area contributed by atoms with E-state index in [1.807, 2.05) is 36.2 Å². The highest BCUT2D eigenvalue weighted by atomic mass is 32.2. The maximum atomic E-state index is 12.3. The maximum Gasteiger partial charge on any atom is 0.179 e. The molecule has 0 heterocycles. The monoisotopic (exact) mass is 358 g/mol. The van der Waals surface area contributed by atoms with Crippen LogP contribution in [-0.4, -0.2) is 28.3 Å². The van der Waals surface area contributed by atoms with Gasteiger partial charge in [-0.05, 0) is 30.7 Å². The lowest BCUT2D eigenvalue weighted by Gasteiger charge is -2.24. The summed E-state index contributed by atoms with van der Waals surface area (Å²) in [6, 6.07) is 14.1. The van der Waals surface area contributed by atoms with Crippen molar-refractivity contribution < 1.29 is 13.2 Å². The van der Waals surface area contributed by atoms with E-state index in [2.05, 4.69) is 6.92 Å². The molecule has 0 atom stereocenters. The van der Waals surface area contributed by atoms with Crippen molar-refractivity contribution in [3.05, 3.63) is 48.0 Å². The van der Waals surface area contributed by atoms with Gasteiger partial charge in [-0.25, -0.2) is 8.42 Å². The number of unbranched alkanes of at least 4 members (excludes halogenated alkanes) is 1. The van der Waals surface area contributed by atoms with E-state index in [0.29, 0.717) is 17.0 Å². The van der Waals surface area contributed by atoms with E-state index in [1.54, 1.807) is 18.2 Å². The molecular weight excluding hydrogens is 336 g/mol. The number of para-hydroxylation sites is 1. The van der Waals surface area contributed by atoms with Crippen LogP contribution in [0.2, 0.25) is 0 Å². The quantitative estimate of drug-likeness (QED) is 0.748. The number of hydrogen-bond donors (Lipinski definition) is 0. The molecule has 0 spiro atoms. The van der Waals surface area contributed by atoms with Gasteiger partial charge >= 0.3 is 0 Å². The first-order valence-electron chi connectivity index (χ1n) is 8.09. The topological polar surface area (TPSA) is 70.4 Å². The molecule has 25 heavy (non-hydrogen) atoms. The fourth-order valence-corrected chi connectivity index (χ4v) is 3.26. The van der Waals surface area contributed by atoms with Crippen molar-refractivity contribution >= 4 is 15.5 Å². The fraction of sp³-hybridized carbons (Fsp3) is 0.316. The summed E-state index contributed by atoms with van der Waals surface area (Å²) in [5, 5.41) is 9.29. The third-order valence-corrected chi connectivity index (χ3v) is 4.89. The van der Waals surface area contributed by atoms with Gasteiger partial charge in [-0.15, -0.1) is 0 Å². The zero-order chi connectivity index (χ0) is 18.4. The predicted octanol–water partition coefficient (Wildman–Crippen LogP) is 3.99. The summed E-state index contributed by atoms with van der Waals surface area (Å²) < 4.78 is 30.5. The summed E-state index contributed by atoms with van der Waals surface area (Å²) in [7, 11) is -1.69. The molecule has 0 aliphatic carbocycles. The van der Waals surface area contributed by atoms with Gasteiger partial charge in [-0.3, -0.25) is 0 Å². The Bertz CT molecular complexity index is 872. The summed E-state index contributed by atoms with van der Waals surface area (Å²) in [6.45, 7) is 2.82. The number of ether oxygens (including phenoxy) is 1. The predicted molar refractivity (Wildman–Crippen MR) is 99.0 cm³/mol. The number of nitriles is 1. The number of sulfone groups is 1. The molecule has 0 fully saturated rings. The Labute approximate surface area is 149 Å². The van der Waals surface area contributed by atoms with E-state index in [4.69, 9.17) is 4.74 Å². The Morgan fingerprint density at radius 3 is 2.44 bits per heavy atom. The molecule has 0 N–H and O–H groups in total. The number of nitrogens with zero attached hydrogens (tertiary/aromatic N) is 2. The van der Waals surface area contributed by atoms with Gasteiger partial charge in [0, 0.05) is 19.8 Å². The Morgan fingerprint density at radius 2 is 1.88 bits per heavy atom. The molecule has 5 nitrogen and oxygen atoms in total. The molecule has 0 amide bonds. The summed E-state index contributed by atoms with van der Waals surface area (Å²) in [6.07, 6.45) is 3.08. The van der Waals surface area contributed by atoms with E-state index in [-0.39, 0.29) is 10.6 Å². The van der Waals surface area contributed by atoms with Crippen LogP contribution in [0.4, 0.5) is 5.69 Å². The van der Waals surface area contributed by atoms with Crippen molar-refractivity contribution in [3.63, 3.8) is 0 Å². The van der Waals surface area contributed by atoms with Gasteiger partial charge in [-0.1, -0.05) is 31.5 Å². The van der Waals surface area contributed by atoms with E-state index in [9.17, 15) is 13.7 Å². The Morgan fingerprint density at radius 1 is 1.20 bits per heavy atom. The molecule has 2 aromatic carbocycles. The lowest BCUT2D eigenvalue weighted by molar-refractivity contribution is 0.467. The average molecular weight is 358 g/mol. The van der Waals surface area contributed by atoms with E-state index >= 15 is 0 Å². The molecule has 0 radical (unpaired) electrons. The second-order valence-corrected chi connectivity index (χ2v) is 7.88. The third-order valence-electron chi connectivity index (χ3n) is 3.79. The van der Waals surface area contributed by atoms with Gasteiger partial charge in [0.15, 0.2) is 15.6 Å². The first kappa shape index (κ1) is 18.8. The highest BCUT2D eigenvalue weighted by molar-refractivity contribution is 7.90. The highest BCUT2D eigenvalue weighted by Gasteiger charge is 2.23. The number of anilines is 1. The lowest BCUT2D eigenvalue weighted by atomic mass is 10.1. The van der Waals surface area contributed by atoms with Crippen molar-refractivity contribution in [2.75, 3.05) is 24.7 Å². The van der Waals surface area contributed by atoms with Crippen LogP contribution in [0, 0.1) is 11.3 Å². The molecule has 0 aliphatic rings. The molecule has 2 rings (SSSR count). The molecule has 0 aliphatic heterocycles. The van der Waals surface area contributed by atoms with Gasteiger partial charge in [0.1, 0.15) is 10.6 Å². The summed E-state index contributed by atoms with van der Waals surface area (Å²) in [4.78, 5) is 1.95. The van der Waals surface area contributed by atoms with Crippen LogP contribution in [-0.2, 0) is 9.84 Å². The van der Waals surface area contributed by atoms with Crippen molar-refractivity contribution in [2.24, 2.45) is 0 Å². The lowest BCUT2D eigenvalue weighted by Crippen LogP contribution is -2.20. The molecule has 132 valence electrons. The zero-order valence-corrected chi connectivity index (χ0v) is 15.5. The summed E-state index contributed by atoms with van der Waals surface area (Å²) in [5.41, 5.74) is 0.885. The van der Waals surface area contributed by atoms with Gasteiger partial charge < -0.3 is 9.64 Å². The van der Waals surface area contributed by atoms with Crippen LogP contribution in [0.3, 0.4) is 0 Å². The van der Waals surface area contributed by atoms with Gasteiger partial charge in [0.05, 0.1) is 17.3 Å². The fourth-order valence-electron chi connectivity index (χ4n) is 2.44. The van der Waals surface area contributed by atoms with Crippen molar-refractivity contribution in [1.82, 2.24) is 0 Å². The van der Waals surface area contributed by atoms with E-state index < -0.39 is 9.84 Å². The molecule has 0 bridgehead atoms. The number of benzene rings is 2. The average Bonchev–Trinajstić information content (AvgIpc) is 2.59. The summed E-state index contributed by atoms with van der Waals surface area (Å²) >= 11 is 0. The van der Waals surface area contributed by atoms with Crippen LogP contribution >= 0.6 is 0 Å². The second-order valence-electron chi connectivity index (χ2n) is 5.90. The molecule has 6 heteroatoms. The Kier molecular flexibility index (Phi) is 6.05. The molecule has 0 aromatic heterocycles. The second kappa shape index (κ2) is 8.04. The van der Waals surface area contributed by atoms with Crippen molar-refractivity contribution in [2.45, 2.75) is 24.7 Å². The van der Waals surface area contributed by atoms with Gasteiger partial charge in [0.2, 0.25) is 0 Å². The van der Waals surface area contributed by atoms with E-state index in [0.717, 1.165) is 25.6 Å². The third kappa shape index (κ3) is 4.74. The SMILES string of the molecule is CCCCN(C)c1cc(C#N)cc(S(C)(=O)=O)c1Oc1ccccc1. The van der Waals surface area contributed by atoms with Crippen LogP contribution in [0.5, 0.6) is 11.5 Å².